The molecule has 0 fully saturated rings. The Kier molecular flexibility index (Phi) is 1.89. The summed E-state index contributed by atoms with van der Waals surface area (Å²) < 4.78 is 21.6. The zero-order valence-corrected chi connectivity index (χ0v) is 8.28. The van der Waals surface area contributed by atoms with Crippen LogP contribution in [0.25, 0.3) is 0 Å². The van der Waals surface area contributed by atoms with Gasteiger partial charge in [0.05, 0.1) is 5.75 Å². The van der Waals surface area contributed by atoms with Crippen LogP contribution in [0.15, 0.2) is 18.2 Å². The highest BCUT2D eigenvalue weighted by molar-refractivity contribution is 7.89. The van der Waals surface area contributed by atoms with Crippen molar-refractivity contribution in [2.75, 3.05) is 0 Å². The first-order valence-electron chi connectivity index (χ1n) is 4.16. The molecule has 1 aliphatic heterocycles. The van der Waals surface area contributed by atoms with Crippen molar-refractivity contribution in [3.63, 3.8) is 0 Å². The second-order valence-corrected chi connectivity index (χ2v) is 5.34. The van der Waals surface area contributed by atoms with E-state index >= 15 is 0 Å². The van der Waals surface area contributed by atoms with Gasteiger partial charge in [-0.1, -0.05) is 23.8 Å². The molecule has 1 unspecified atom stereocenters. The Balaban J connectivity index is 2.48. The van der Waals surface area contributed by atoms with E-state index in [4.69, 9.17) is 4.78 Å². The molecule has 0 aliphatic carbocycles. The van der Waals surface area contributed by atoms with E-state index in [-0.39, 0.29) is 0 Å². The minimum atomic E-state index is -2.56. The van der Waals surface area contributed by atoms with Gasteiger partial charge in [-0.15, -0.1) is 0 Å². The predicted molar refractivity (Wildman–Crippen MR) is 52.6 cm³/mol. The third-order valence-electron chi connectivity index (χ3n) is 2.22. The van der Waals surface area contributed by atoms with Crippen molar-refractivity contribution in [3.05, 3.63) is 34.9 Å². The minimum Gasteiger partial charge on any atom is -0.240 e. The average Bonchev–Trinajstić information content (AvgIpc) is 2.05. The first kappa shape index (κ1) is 8.72. The summed E-state index contributed by atoms with van der Waals surface area (Å²) in [6.45, 7) is 2.59. The Morgan fingerprint density at radius 3 is 3.00 bits per heavy atom. The van der Waals surface area contributed by atoms with Crippen LogP contribution in [-0.4, -0.2) is 4.21 Å². The number of rotatable bonds is 0. The lowest BCUT2D eigenvalue weighted by Crippen LogP contribution is -2.29. The van der Waals surface area contributed by atoms with Crippen LogP contribution in [0.2, 0.25) is 0 Å². The number of fused-ring (bicyclic) bond motifs is 1. The van der Waals surface area contributed by atoms with Gasteiger partial charge in [0.2, 0.25) is 0 Å². The number of benzene rings is 1. The molecule has 0 amide bonds. The molecule has 2 rings (SSSR count). The van der Waals surface area contributed by atoms with Gasteiger partial charge in [-0.25, -0.2) is 13.7 Å². The number of nitrogens with one attached hydrogen (secondary N) is 2. The molecule has 1 heterocycles. The minimum absolute atomic E-state index is 0.336. The molecule has 0 saturated heterocycles. The first-order valence-corrected chi connectivity index (χ1v) is 5.89. The monoisotopic (exact) mass is 196 g/mol. The maximum absolute atomic E-state index is 11.4. The summed E-state index contributed by atoms with van der Waals surface area (Å²) in [5.74, 6) is 0.336. The lowest BCUT2D eigenvalue weighted by atomic mass is 10.1. The number of hydrogen-bond acceptors (Lipinski definition) is 2. The standard InChI is InChI=1S/C9H12N2OS/c1-7-2-3-8-6-13(10,12)11-5-9(8)4-7/h2-4H,5-6H2,1H3,(H2,10,11,12). The van der Waals surface area contributed by atoms with Gasteiger partial charge in [0, 0.05) is 6.54 Å². The molecule has 4 heteroatoms. The molecule has 0 saturated carbocycles. The normalized spacial score (nSPS) is 26.8. The third kappa shape index (κ3) is 1.73. The van der Waals surface area contributed by atoms with E-state index in [2.05, 4.69) is 10.8 Å². The van der Waals surface area contributed by atoms with E-state index in [0.717, 1.165) is 5.56 Å². The molecule has 13 heavy (non-hydrogen) atoms. The molecule has 3 nitrogen and oxygen atoms in total. The Morgan fingerprint density at radius 1 is 1.46 bits per heavy atom. The fraction of sp³-hybridized carbons (Fsp3) is 0.333. The van der Waals surface area contributed by atoms with E-state index in [1.807, 2.05) is 19.1 Å². The van der Waals surface area contributed by atoms with Crippen LogP contribution in [0.1, 0.15) is 16.7 Å². The van der Waals surface area contributed by atoms with Gasteiger partial charge in [-0.3, -0.25) is 0 Å². The average molecular weight is 196 g/mol. The zero-order valence-electron chi connectivity index (χ0n) is 7.46. The third-order valence-corrected chi connectivity index (χ3v) is 3.54. The molecular formula is C9H12N2OS. The van der Waals surface area contributed by atoms with Gasteiger partial charge in [0.1, 0.15) is 9.92 Å². The SMILES string of the molecule is Cc1ccc2c(c1)CNS(=N)(=O)C2. The highest BCUT2D eigenvalue weighted by Crippen LogP contribution is 2.18. The molecule has 1 aliphatic rings. The van der Waals surface area contributed by atoms with Gasteiger partial charge in [0.25, 0.3) is 0 Å². The van der Waals surface area contributed by atoms with Crippen LogP contribution in [0, 0.1) is 11.7 Å². The van der Waals surface area contributed by atoms with Crippen molar-refractivity contribution < 1.29 is 4.21 Å². The van der Waals surface area contributed by atoms with Gasteiger partial charge < -0.3 is 0 Å². The Morgan fingerprint density at radius 2 is 2.23 bits per heavy atom. The molecule has 0 spiro atoms. The fourth-order valence-corrected chi connectivity index (χ4v) is 2.73. The molecule has 1 aromatic rings. The second-order valence-electron chi connectivity index (χ2n) is 3.41. The van der Waals surface area contributed by atoms with Crippen LogP contribution in [-0.2, 0) is 22.2 Å². The first-order chi connectivity index (χ1) is 6.07. The lowest BCUT2D eigenvalue weighted by Gasteiger charge is -2.19. The van der Waals surface area contributed by atoms with Crippen LogP contribution >= 0.6 is 0 Å². The summed E-state index contributed by atoms with van der Waals surface area (Å²) >= 11 is 0. The van der Waals surface area contributed by atoms with Crippen molar-refractivity contribution in [2.24, 2.45) is 0 Å². The summed E-state index contributed by atoms with van der Waals surface area (Å²) in [7, 11) is -2.56. The lowest BCUT2D eigenvalue weighted by molar-refractivity contribution is 0.656. The maximum Gasteiger partial charge on any atom is 0.109 e. The van der Waals surface area contributed by atoms with Crippen molar-refractivity contribution in [2.45, 2.75) is 19.2 Å². The van der Waals surface area contributed by atoms with Gasteiger partial charge in [0.15, 0.2) is 0 Å². The van der Waals surface area contributed by atoms with E-state index in [9.17, 15) is 4.21 Å². The summed E-state index contributed by atoms with van der Waals surface area (Å²) in [6, 6.07) is 6.05. The van der Waals surface area contributed by atoms with Crippen molar-refractivity contribution in [1.29, 1.82) is 4.78 Å². The largest absolute Gasteiger partial charge is 0.240 e. The maximum atomic E-state index is 11.4. The smallest absolute Gasteiger partial charge is 0.109 e. The van der Waals surface area contributed by atoms with Crippen LogP contribution < -0.4 is 4.72 Å². The molecule has 1 aromatic carbocycles. The Labute approximate surface area is 78.3 Å². The molecule has 2 N–H and O–H groups in total. The fourth-order valence-electron chi connectivity index (χ4n) is 1.52. The van der Waals surface area contributed by atoms with Crippen LogP contribution in [0.5, 0.6) is 0 Å². The van der Waals surface area contributed by atoms with E-state index < -0.39 is 9.92 Å². The Hall–Kier alpha value is -0.870. The highest BCUT2D eigenvalue weighted by atomic mass is 32.2. The molecule has 0 radical (unpaired) electrons. The summed E-state index contributed by atoms with van der Waals surface area (Å²) in [4.78, 5) is 0. The van der Waals surface area contributed by atoms with E-state index in [1.165, 1.54) is 11.1 Å². The highest BCUT2D eigenvalue weighted by Gasteiger charge is 2.16. The number of hydrogen-bond donors (Lipinski definition) is 2. The van der Waals surface area contributed by atoms with Crippen LogP contribution in [0.4, 0.5) is 0 Å². The van der Waals surface area contributed by atoms with Gasteiger partial charge >= 0.3 is 0 Å². The topological polar surface area (TPSA) is 53.0 Å². The molecule has 0 bridgehead atoms. The van der Waals surface area contributed by atoms with Crippen LogP contribution in [0.3, 0.4) is 0 Å². The zero-order chi connectivity index (χ0) is 9.47. The van der Waals surface area contributed by atoms with E-state index in [1.54, 1.807) is 0 Å². The predicted octanol–water partition coefficient (Wildman–Crippen LogP) is 1.56. The molecule has 0 aromatic heterocycles. The van der Waals surface area contributed by atoms with Crippen molar-refractivity contribution in [1.82, 2.24) is 4.72 Å². The summed E-state index contributed by atoms with van der Waals surface area (Å²) in [6.07, 6.45) is 0. The summed E-state index contributed by atoms with van der Waals surface area (Å²) in [5, 5.41) is 0. The van der Waals surface area contributed by atoms with Crippen molar-refractivity contribution in [3.8, 4) is 0 Å². The van der Waals surface area contributed by atoms with E-state index in [0.29, 0.717) is 12.3 Å². The second kappa shape index (κ2) is 2.82. The van der Waals surface area contributed by atoms with Crippen molar-refractivity contribution >= 4 is 9.92 Å². The molecular weight excluding hydrogens is 184 g/mol. The Bertz CT molecular complexity index is 437. The van der Waals surface area contributed by atoms with Gasteiger partial charge in [-0.05, 0) is 18.1 Å². The molecule has 1 atom stereocenters. The molecule has 70 valence electrons. The number of aryl methyl sites for hydroxylation is 1. The van der Waals surface area contributed by atoms with Gasteiger partial charge in [-0.2, -0.15) is 0 Å². The summed E-state index contributed by atoms with van der Waals surface area (Å²) in [5.41, 5.74) is 3.43. The quantitative estimate of drug-likeness (QED) is 0.650.